The van der Waals surface area contributed by atoms with Crippen LogP contribution in [0.4, 0.5) is 0 Å². The predicted octanol–water partition coefficient (Wildman–Crippen LogP) is 5.08. The van der Waals surface area contributed by atoms with Gasteiger partial charge < -0.3 is 9.26 Å². The third kappa shape index (κ3) is 6.15. The van der Waals surface area contributed by atoms with Crippen molar-refractivity contribution < 1.29 is 18.8 Å². The maximum atomic E-state index is 12.7. The van der Waals surface area contributed by atoms with Crippen molar-refractivity contribution in [2.24, 2.45) is 0 Å². The summed E-state index contributed by atoms with van der Waals surface area (Å²) in [5.74, 6) is -0.971. The number of hydrogen-bond donors (Lipinski definition) is 0. The molecule has 0 aliphatic heterocycles. The van der Waals surface area contributed by atoms with Crippen LogP contribution in [0.25, 0.3) is 0 Å². The van der Waals surface area contributed by atoms with Crippen LogP contribution in [0, 0.1) is 0 Å². The first-order chi connectivity index (χ1) is 14.4. The molecule has 2 aromatic carbocycles. The topological polar surface area (TPSA) is 82.3 Å². The number of halogens is 2. The fourth-order valence-electron chi connectivity index (χ4n) is 3.01. The maximum absolute atomic E-state index is 12.7. The van der Waals surface area contributed by atoms with Gasteiger partial charge in [-0.05, 0) is 48.7 Å². The zero-order chi connectivity index (χ0) is 21.5. The molecule has 156 valence electrons. The normalized spacial score (nSPS) is 11.8. The molecule has 1 aromatic heterocycles. The van der Waals surface area contributed by atoms with Crippen molar-refractivity contribution in [2.75, 3.05) is 6.61 Å². The molecule has 0 radical (unpaired) electrons. The Labute approximate surface area is 184 Å². The van der Waals surface area contributed by atoms with E-state index in [0.717, 1.165) is 11.1 Å². The number of hydrogen-bond acceptors (Lipinski definition) is 6. The number of carbonyl (C=O) groups excluding carboxylic acids is 2. The third-order valence-corrected chi connectivity index (χ3v) is 4.94. The first-order valence-corrected chi connectivity index (χ1v) is 10.2. The van der Waals surface area contributed by atoms with Gasteiger partial charge in [0.2, 0.25) is 0 Å². The molecule has 1 heterocycles. The lowest BCUT2D eigenvalue weighted by atomic mass is 9.91. The minimum Gasteiger partial charge on any atom is -0.459 e. The van der Waals surface area contributed by atoms with Gasteiger partial charge in [0.15, 0.2) is 5.82 Å². The Bertz CT molecular complexity index is 1000. The molecular weight excluding hydrogens is 427 g/mol. The summed E-state index contributed by atoms with van der Waals surface area (Å²) in [7, 11) is 0. The number of carbonyl (C=O) groups is 2. The molecule has 1 atom stereocenters. The van der Waals surface area contributed by atoms with Crippen LogP contribution in [0.1, 0.15) is 46.9 Å². The van der Waals surface area contributed by atoms with Crippen LogP contribution < -0.4 is 0 Å². The zero-order valence-corrected chi connectivity index (χ0v) is 17.8. The lowest BCUT2D eigenvalue weighted by Crippen LogP contribution is -2.14. The van der Waals surface area contributed by atoms with Gasteiger partial charge in [-0.2, -0.15) is 4.98 Å². The van der Waals surface area contributed by atoms with E-state index < -0.39 is 5.97 Å². The molecule has 8 heteroatoms. The number of esters is 1. The highest BCUT2D eigenvalue weighted by Crippen LogP contribution is 2.25. The molecule has 0 N–H and O–H groups in total. The van der Waals surface area contributed by atoms with Gasteiger partial charge in [0, 0.05) is 28.8 Å². The number of ketones is 1. The van der Waals surface area contributed by atoms with Gasteiger partial charge in [0.25, 0.3) is 0 Å². The van der Waals surface area contributed by atoms with Crippen LogP contribution >= 0.6 is 23.2 Å². The van der Waals surface area contributed by atoms with Crippen LogP contribution in [0.2, 0.25) is 10.0 Å². The molecule has 0 saturated carbocycles. The smallest absolute Gasteiger partial charge is 0.397 e. The van der Waals surface area contributed by atoms with Gasteiger partial charge in [-0.25, -0.2) is 4.79 Å². The predicted molar refractivity (Wildman–Crippen MR) is 113 cm³/mol. The van der Waals surface area contributed by atoms with E-state index >= 15 is 0 Å². The summed E-state index contributed by atoms with van der Waals surface area (Å²) in [6, 6.07) is 14.5. The average Bonchev–Trinajstić information content (AvgIpc) is 3.21. The summed E-state index contributed by atoms with van der Waals surface area (Å²) in [5, 5.41) is 5.16. The molecule has 0 spiro atoms. The van der Waals surface area contributed by atoms with Crippen molar-refractivity contribution in [3.05, 3.63) is 81.4 Å². The lowest BCUT2D eigenvalue weighted by molar-refractivity contribution is -0.118. The Morgan fingerprint density at radius 3 is 2.20 bits per heavy atom. The summed E-state index contributed by atoms with van der Waals surface area (Å²) < 4.78 is 9.94. The van der Waals surface area contributed by atoms with Gasteiger partial charge in [-0.1, -0.05) is 52.6 Å². The van der Waals surface area contributed by atoms with E-state index in [9.17, 15) is 9.59 Å². The average molecular weight is 447 g/mol. The van der Waals surface area contributed by atoms with Crippen molar-refractivity contribution in [3.63, 3.8) is 0 Å². The van der Waals surface area contributed by atoms with Gasteiger partial charge in [-0.15, -0.1) is 0 Å². The van der Waals surface area contributed by atoms with E-state index in [4.69, 9.17) is 32.5 Å². The molecule has 0 fully saturated rings. The van der Waals surface area contributed by atoms with E-state index in [1.54, 1.807) is 31.2 Å². The fraction of sp³-hybridized carbons (Fsp3) is 0.273. The second-order valence-electron chi connectivity index (χ2n) is 6.75. The first-order valence-electron chi connectivity index (χ1n) is 9.46. The van der Waals surface area contributed by atoms with Crippen LogP contribution in [0.5, 0.6) is 0 Å². The summed E-state index contributed by atoms with van der Waals surface area (Å²) in [5.41, 5.74) is 1.83. The summed E-state index contributed by atoms with van der Waals surface area (Å²) in [4.78, 5) is 28.8. The largest absolute Gasteiger partial charge is 0.459 e. The van der Waals surface area contributed by atoms with E-state index in [2.05, 4.69) is 10.1 Å². The Morgan fingerprint density at radius 1 is 1.00 bits per heavy atom. The SMILES string of the molecule is CCOC(=O)c1nc([C@@H](CC(=O)Cc2ccc(Cl)cc2)Cc2ccc(Cl)cc2)no1. The van der Waals surface area contributed by atoms with Crippen molar-refractivity contribution in [1.82, 2.24) is 10.1 Å². The van der Waals surface area contributed by atoms with Gasteiger partial charge >= 0.3 is 11.9 Å². The number of nitrogens with zero attached hydrogens (tertiary/aromatic N) is 2. The lowest BCUT2D eigenvalue weighted by Gasteiger charge is -2.13. The highest BCUT2D eigenvalue weighted by molar-refractivity contribution is 6.30. The van der Waals surface area contributed by atoms with Gasteiger partial charge in [0.05, 0.1) is 6.61 Å². The van der Waals surface area contributed by atoms with Crippen LogP contribution in [0.3, 0.4) is 0 Å². The van der Waals surface area contributed by atoms with Crippen molar-refractivity contribution >= 4 is 35.0 Å². The van der Waals surface area contributed by atoms with Crippen molar-refractivity contribution in [1.29, 1.82) is 0 Å². The quantitative estimate of drug-likeness (QED) is 0.426. The minimum atomic E-state index is -0.686. The Balaban J connectivity index is 1.78. The number of benzene rings is 2. The molecule has 0 saturated heterocycles. The Kier molecular flexibility index (Phi) is 7.60. The minimum absolute atomic E-state index is 0.0128. The van der Waals surface area contributed by atoms with Crippen molar-refractivity contribution in [3.8, 4) is 0 Å². The van der Waals surface area contributed by atoms with Gasteiger partial charge in [0.1, 0.15) is 5.78 Å². The molecule has 0 bridgehead atoms. The van der Waals surface area contributed by atoms with Crippen LogP contribution in [-0.2, 0) is 22.4 Å². The van der Waals surface area contributed by atoms with Crippen molar-refractivity contribution in [2.45, 2.75) is 32.1 Å². The fourth-order valence-corrected chi connectivity index (χ4v) is 3.27. The number of Topliss-reactive ketones (excluding diaryl/α,β-unsaturated/α-hetero) is 1. The van der Waals surface area contributed by atoms with E-state index in [-0.39, 0.29) is 42.9 Å². The molecule has 30 heavy (non-hydrogen) atoms. The van der Waals surface area contributed by atoms with Gasteiger partial charge in [-0.3, -0.25) is 4.79 Å². The van der Waals surface area contributed by atoms with Crippen LogP contribution in [-0.4, -0.2) is 28.5 Å². The standard InChI is InChI=1S/C22H20Cl2N2O4/c1-2-29-22(28)21-25-20(26-30-21)16(11-14-3-7-17(23)8-4-14)13-19(27)12-15-5-9-18(24)10-6-15/h3-10,16H,2,11-13H2,1H3/t16-/m1/s1. The van der Waals surface area contributed by atoms with E-state index in [1.165, 1.54) is 0 Å². The highest BCUT2D eigenvalue weighted by atomic mass is 35.5. The van der Waals surface area contributed by atoms with E-state index in [1.807, 2.05) is 24.3 Å². The second-order valence-corrected chi connectivity index (χ2v) is 7.62. The second kappa shape index (κ2) is 10.4. The molecule has 0 amide bonds. The first kappa shape index (κ1) is 22.0. The summed E-state index contributed by atoms with van der Waals surface area (Å²) in [6.45, 7) is 1.89. The molecule has 0 aliphatic rings. The van der Waals surface area contributed by atoms with Crippen LogP contribution in [0.15, 0.2) is 53.1 Å². The molecular formula is C22H20Cl2N2O4. The molecule has 0 aliphatic carbocycles. The highest BCUT2D eigenvalue weighted by Gasteiger charge is 2.25. The summed E-state index contributed by atoms with van der Waals surface area (Å²) >= 11 is 11.9. The zero-order valence-electron chi connectivity index (χ0n) is 16.3. The Hall–Kier alpha value is -2.70. The van der Waals surface area contributed by atoms with E-state index in [0.29, 0.717) is 16.5 Å². The maximum Gasteiger partial charge on any atom is 0.397 e. The molecule has 3 rings (SSSR count). The third-order valence-electron chi connectivity index (χ3n) is 4.44. The monoisotopic (exact) mass is 446 g/mol. The number of ether oxygens (including phenoxy) is 1. The summed E-state index contributed by atoms with van der Waals surface area (Å²) in [6.07, 6.45) is 0.940. The number of aromatic nitrogens is 2. The molecule has 3 aromatic rings. The number of rotatable bonds is 9. The Morgan fingerprint density at radius 2 is 1.60 bits per heavy atom. The molecule has 6 nitrogen and oxygen atoms in total. The molecule has 0 unspecified atom stereocenters.